The molecule has 0 spiro atoms. The normalized spacial score (nSPS) is 12.7. The van der Waals surface area contributed by atoms with Crippen molar-refractivity contribution >= 4 is 57.8 Å². The summed E-state index contributed by atoms with van der Waals surface area (Å²) < 4.78 is 10.8. The first kappa shape index (κ1) is 32.2. The van der Waals surface area contributed by atoms with Gasteiger partial charge in [0.15, 0.2) is 6.10 Å². The van der Waals surface area contributed by atoms with Gasteiger partial charge in [-0.15, -0.1) is 0 Å². The average Bonchev–Trinajstić information content (AvgIpc) is 3.67. The number of carbonyl (C=O) groups excluding carboxylic acids is 2. The Balaban J connectivity index is 1.24. The molecule has 45 heavy (non-hydrogen) atoms. The van der Waals surface area contributed by atoms with Gasteiger partial charge in [0.05, 0.1) is 28.1 Å². The van der Waals surface area contributed by atoms with Crippen molar-refractivity contribution in [3.8, 4) is 0 Å². The molecule has 2 heterocycles. The average molecular weight is 647 g/mol. The summed E-state index contributed by atoms with van der Waals surface area (Å²) in [5, 5.41) is 2.99. The van der Waals surface area contributed by atoms with Crippen LogP contribution < -0.4 is 11.1 Å². The summed E-state index contributed by atoms with van der Waals surface area (Å²) in [7, 11) is 0. The van der Waals surface area contributed by atoms with Crippen LogP contribution >= 0.6 is 23.5 Å². The number of alkyl carbamates (subject to hydrolysis) is 1. The van der Waals surface area contributed by atoms with Crippen LogP contribution in [-0.4, -0.2) is 56.1 Å². The predicted octanol–water partition coefficient (Wildman–Crippen LogP) is 6.83. The van der Waals surface area contributed by atoms with E-state index in [1.54, 1.807) is 23.5 Å². The molecular weight excluding hydrogens is 609 g/mol. The van der Waals surface area contributed by atoms with Gasteiger partial charge in [0.1, 0.15) is 18.3 Å². The molecule has 5 N–H and O–H groups in total. The smallest absolute Gasteiger partial charge is 0.408 e. The van der Waals surface area contributed by atoms with E-state index in [-0.39, 0.29) is 12.6 Å². The van der Waals surface area contributed by atoms with E-state index in [1.807, 2.05) is 55.0 Å². The predicted molar refractivity (Wildman–Crippen MR) is 182 cm³/mol. The molecule has 0 fully saturated rings. The Labute approximate surface area is 270 Å². The molecule has 5 rings (SSSR count). The van der Waals surface area contributed by atoms with Gasteiger partial charge in [-0.05, 0) is 84.2 Å². The Morgan fingerprint density at radius 3 is 2.27 bits per heavy atom. The van der Waals surface area contributed by atoms with Crippen LogP contribution in [0.15, 0.2) is 66.7 Å². The number of amides is 2. The van der Waals surface area contributed by atoms with Crippen LogP contribution in [0.4, 0.5) is 9.59 Å². The zero-order chi connectivity index (χ0) is 31.6. The molecule has 2 aromatic heterocycles. The number of aromatic nitrogens is 4. The van der Waals surface area contributed by atoms with Gasteiger partial charge in [-0.25, -0.2) is 19.6 Å². The summed E-state index contributed by atoms with van der Waals surface area (Å²) in [5.41, 5.74) is 12.0. The standard InChI is InChI=1S/C33H38N6O4S2/c1-44-16-14-26(39-33(41)42-20-23-6-4-3-5-7-23)30-35-24-12-10-21(18-27(24)37-30)8-9-22-11-13-25-28(19-22)38-31(36-25)29(15-17-45-2)43-32(34)40/h3-7,10-13,18-19,26,29H,8-9,14-17,20H2,1-2H3,(H2,34,40)(H,35,37)(H,36,38)(H,39,41)/t26-,29-/m0/s1. The molecular formula is C33H38N6O4S2. The molecule has 0 saturated heterocycles. The van der Waals surface area contributed by atoms with Crippen molar-refractivity contribution in [3.63, 3.8) is 0 Å². The number of ether oxygens (including phenoxy) is 2. The monoisotopic (exact) mass is 646 g/mol. The highest BCUT2D eigenvalue weighted by Crippen LogP contribution is 2.25. The number of aromatic amines is 2. The quantitative estimate of drug-likeness (QED) is 0.0967. The molecule has 0 bridgehead atoms. The third kappa shape index (κ3) is 8.95. The second-order valence-corrected chi connectivity index (χ2v) is 12.7. The van der Waals surface area contributed by atoms with Crippen LogP contribution in [0.3, 0.4) is 0 Å². The highest BCUT2D eigenvalue weighted by molar-refractivity contribution is 7.98. The number of hydrogen-bond acceptors (Lipinski definition) is 8. The number of thioether (sulfide) groups is 2. The number of nitrogens with zero attached hydrogens (tertiary/aromatic N) is 2. The number of nitrogens with one attached hydrogen (secondary N) is 3. The lowest BCUT2D eigenvalue weighted by Crippen LogP contribution is -2.30. The molecule has 12 heteroatoms. The van der Waals surface area contributed by atoms with Crippen LogP contribution in [0.1, 0.15) is 53.3 Å². The molecule has 0 aliphatic carbocycles. The van der Waals surface area contributed by atoms with E-state index < -0.39 is 18.3 Å². The van der Waals surface area contributed by atoms with E-state index >= 15 is 0 Å². The largest absolute Gasteiger partial charge is 0.445 e. The van der Waals surface area contributed by atoms with Gasteiger partial charge in [0.25, 0.3) is 0 Å². The number of imidazole rings is 2. The Morgan fingerprint density at radius 1 is 0.822 bits per heavy atom. The second kappa shape index (κ2) is 15.7. The van der Waals surface area contributed by atoms with Gasteiger partial charge in [0, 0.05) is 6.42 Å². The van der Waals surface area contributed by atoms with Crippen LogP contribution in [0.2, 0.25) is 0 Å². The number of aryl methyl sites for hydroxylation is 2. The lowest BCUT2D eigenvalue weighted by molar-refractivity contribution is 0.100. The molecule has 0 radical (unpaired) electrons. The van der Waals surface area contributed by atoms with Crippen molar-refractivity contribution in [2.24, 2.45) is 5.73 Å². The van der Waals surface area contributed by atoms with Crippen molar-refractivity contribution in [1.29, 1.82) is 0 Å². The fourth-order valence-corrected chi connectivity index (χ4v) is 6.02. The van der Waals surface area contributed by atoms with E-state index in [2.05, 4.69) is 39.6 Å². The number of fused-ring (bicyclic) bond motifs is 2. The summed E-state index contributed by atoms with van der Waals surface area (Å²) in [6, 6.07) is 21.7. The Kier molecular flexibility index (Phi) is 11.3. The maximum absolute atomic E-state index is 12.6. The first-order valence-corrected chi connectivity index (χ1v) is 17.6. The topological polar surface area (TPSA) is 148 Å². The van der Waals surface area contributed by atoms with Crippen molar-refractivity contribution in [1.82, 2.24) is 25.3 Å². The molecule has 2 amide bonds. The fraction of sp³-hybridized carbons (Fsp3) is 0.333. The Bertz CT molecular complexity index is 1720. The number of hydrogen-bond donors (Lipinski definition) is 4. The van der Waals surface area contributed by atoms with E-state index in [9.17, 15) is 9.59 Å². The van der Waals surface area contributed by atoms with Crippen LogP contribution in [0, 0.1) is 0 Å². The second-order valence-electron chi connectivity index (χ2n) is 10.7. The van der Waals surface area contributed by atoms with E-state index in [4.69, 9.17) is 25.2 Å². The lowest BCUT2D eigenvalue weighted by atomic mass is 10.0. The van der Waals surface area contributed by atoms with Gasteiger partial charge in [-0.3, -0.25) is 0 Å². The van der Waals surface area contributed by atoms with E-state index in [0.29, 0.717) is 18.1 Å². The number of benzene rings is 3. The molecule has 0 aliphatic rings. The molecule has 0 saturated carbocycles. The number of H-pyrrole nitrogens is 2. The maximum Gasteiger partial charge on any atom is 0.408 e. The maximum atomic E-state index is 12.6. The number of rotatable bonds is 15. The van der Waals surface area contributed by atoms with Gasteiger partial charge in [-0.2, -0.15) is 23.5 Å². The fourth-order valence-electron chi connectivity index (χ4n) is 5.10. The first-order chi connectivity index (χ1) is 21.9. The van der Waals surface area contributed by atoms with Crippen molar-refractivity contribution in [2.45, 2.75) is 44.4 Å². The Morgan fingerprint density at radius 2 is 1.51 bits per heavy atom. The number of primary amides is 1. The highest BCUT2D eigenvalue weighted by atomic mass is 32.2. The van der Waals surface area contributed by atoms with Crippen LogP contribution in [-0.2, 0) is 28.9 Å². The molecule has 3 aromatic carbocycles. The lowest BCUT2D eigenvalue weighted by Gasteiger charge is -2.16. The minimum atomic E-state index is -0.809. The molecule has 0 unspecified atom stereocenters. The molecule has 0 aliphatic heterocycles. The zero-order valence-electron chi connectivity index (χ0n) is 25.4. The van der Waals surface area contributed by atoms with Gasteiger partial charge in [-0.1, -0.05) is 42.5 Å². The van der Waals surface area contributed by atoms with Crippen LogP contribution in [0.5, 0.6) is 0 Å². The molecule has 5 aromatic rings. The third-order valence-corrected chi connectivity index (χ3v) is 8.71. The molecule has 10 nitrogen and oxygen atoms in total. The van der Waals surface area contributed by atoms with Gasteiger partial charge in [0.2, 0.25) is 0 Å². The summed E-state index contributed by atoms with van der Waals surface area (Å²) in [6.07, 6.45) is 5.26. The third-order valence-electron chi connectivity index (χ3n) is 7.43. The first-order valence-electron chi connectivity index (χ1n) is 14.8. The molecule has 236 valence electrons. The highest BCUT2D eigenvalue weighted by Gasteiger charge is 2.21. The Hall–Kier alpha value is -4.16. The van der Waals surface area contributed by atoms with Crippen molar-refractivity contribution in [3.05, 3.63) is 95.1 Å². The van der Waals surface area contributed by atoms with Crippen LogP contribution in [0.25, 0.3) is 22.1 Å². The minimum absolute atomic E-state index is 0.210. The van der Waals surface area contributed by atoms with Gasteiger partial charge >= 0.3 is 12.2 Å². The van der Waals surface area contributed by atoms with Gasteiger partial charge < -0.3 is 30.5 Å². The zero-order valence-corrected chi connectivity index (χ0v) is 27.0. The summed E-state index contributed by atoms with van der Waals surface area (Å²) >= 11 is 3.39. The van der Waals surface area contributed by atoms with E-state index in [1.165, 1.54) is 5.56 Å². The van der Waals surface area contributed by atoms with Crippen molar-refractivity contribution in [2.75, 3.05) is 24.0 Å². The minimum Gasteiger partial charge on any atom is -0.445 e. The summed E-state index contributed by atoms with van der Waals surface area (Å²) in [4.78, 5) is 40.3. The van der Waals surface area contributed by atoms with E-state index in [0.717, 1.165) is 64.0 Å². The SMILES string of the molecule is CSCC[C@H](NC(=O)OCc1ccccc1)c1nc2ccc(CCc3ccc4[nH]c([C@H](CCSC)OC(N)=O)nc4c3)cc2[nH]1. The summed E-state index contributed by atoms with van der Waals surface area (Å²) in [6.45, 7) is 0.210. The molecule has 2 atom stereocenters. The van der Waals surface area contributed by atoms with Crippen molar-refractivity contribution < 1.29 is 19.1 Å². The number of carbonyl (C=O) groups is 2. The summed E-state index contributed by atoms with van der Waals surface area (Å²) in [5.74, 6) is 3.00. The number of nitrogens with two attached hydrogens (primary N) is 1.